The Bertz CT molecular complexity index is 2250. The van der Waals surface area contributed by atoms with Crippen LogP contribution in [0.2, 0.25) is 0 Å². The number of rotatable bonds is 10. The Morgan fingerprint density at radius 2 is 1.04 bits per heavy atom. The summed E-state index contributed by atoms with van der Waals surface area (Å²) < 4.78 is 5.72. The molecule has 3 aliphatic rings. The topological polar surface area (TPSA) is 214 Å². The second-order valence-corrected chi connectivity index (χ2v) is 15.8. The molecule has 5 aromatic carbocycles. The van der Waals surface area contributed by atoms with Crippen LogP contribution in [0.25, 0.3) is 0 Å². The number of phenols is 3. The van der Waals surface area contributed by atoms with Crippen LogP contribution in [-0.2, 0) is 0 Å². The number of benzene rings is 5. The number of hydrogen-bond acceptors (Lipinski definition) is 12. The number of ether oxygens (including phenoxy) is 1. The summed E-state index contributed by atoms with van der Waals surface area (Å²) in [5, 5.41) is 48.1. The summed E-state index contributed by atoms with van der Waals surface area (Å²) in [6.07, 6.45) is 8.36. The quantitative estimate of drug-likeness (QED) is 0.0587. The standard InChI is InChI=1S/C19H19NO4.C12H15NO2.C7H5ClO.C7H6O3.C6H13NO.ClH/c21-12-16-17(22)9-4-10-18(16)24-13-15-8-5-11-20(15)19(23)14-6-2-1-3-7-14;14-9-11-7-4-8-13(11)12(15)10-5-2-1-3-6-10;8-7(9)6-4-2-1-3-5-6;8-4-5-6(9)2-1-3-7(5)10;8-5-6-3-1-2-4-7-6;/h1-4,6-7,9-10,12,15,22H,5,8,11,13H2;1-3,5-6,11,14H,4,7-9H2;1-5H;1-4,9-10H;6-8H,1-5H2;1H/t15-;11-;;;6-;/m00..0./s1. The van der Waals surface area contributed by atoms with Crippen molar-refractivity contribution in [3.63, 3.8) is 0 Å². The second kappa shape index (κ2) is 30.1. The van der Waals surface area contributed by atoms with E-state index in [1.54, 1.807) is 53.4 Å². The van der Waals surface area contributed by atoms with Gasteiger partial charge in [0.15, 0.2) is 12.6 Å². The van der Waals surface area contributed by atoms with Gasteiger partial charge in [0, 0.05) is 35.8 Å². The highest BCUT2D eigenvalue weighted by atomic mass is 35.5. The first-order valence-electron chi connectivity index (χ1n) is 21.8. The molecule has 0 aliphatic carbocycles. The molecule has 358 valence electrons. The SMILES string of the molecule is Cl.O=C(Cl)c1ccccc1.O=C(c1ccccc1)N1CCC[C@H]1CO.O=Cc1c(O)cccc1O.O=Cc1c(O)cccc1OC[C@@H]1CCCN1C(=O)c1ccccc1.OC[C@@H]1CCCCN1. The highest BCUT2D eigenvalue weighted by Crippen LogP contribution is 2.28. The smallest absolute Gasteiger partial charge is 0.254 e. The first-order chi connectivity index (χ1) is 32.0. The maximum atomic E-state index is 12.6. The molecule has 3 fully saturated rings. The Balaban J connectivity index is 0.000000238. The molecule has 5 aromatic rings. The lowest BCUT2D eigenvalue weighted by Gasteiger charge is -2.25. The highest BCUT2D eigenvalue weighted by Gasteiger charge is 2.30. The lowest BCUT2D eigenvalue weighted by Crippen LogP contribution is -2.39. The summed E-state index contributed by atoms with van der Waals surface area (Å²) in [6, 6.07) is 36.3. The minimum Gasteiger partial charge on any atom is -0.507 e. The van der Waals surface area contributed by atoms with E-state index >= 15 is 0 Å². The van der Waals surface area contributed by atoms with Crippen LogP contribution in [0.1, 0.15) is 96.7 Å². The van der Waals surface area contributed by atoms with Gasteiger partial charge in [-0.25, -0.2) is 0 Å². The molecule has 14 nitrogen and oxygen atoms in total. The number of nitrogens with zero attached hydrogens (tertiary/aromatic N) is 2. The molecule has 0 spiro atoms. The van der Waals surface area contributed by atoms with Gasteiger partial charge in [0.2, 0.25) is 0 Å². The van der Waals surface area contributed by atoms with Crippen molar-refractivity contribution in [1.82, 2.24) is 15.1 Å². The van der Waals surface area contributed by atoms with Gasteiger partial charge in [0.25, 0.3) is 17.1 Å². The normalized spacial score (nSPS) is 16.9. The minimum absolute atomic E-state index is 0. The Hall–Kier alpha value is -6.29. The van der Waals surface area contributed by atoms with E-state index in [4.69, 9.17) is 36.8 Å². The van der Waals surface area contributed by atoms with Crippen LogP contribution in [0, 0.1) is 0 Å². The Morgan fingerprint density at radius 3 is 1.45 bits per heavy atom. The fourth-order valence-corrected chi connectivity index (χ4v) is 7.46. The van der Waals surface area contributed by atoms with Crippen molar-refractivity contribution in [2.24, 2.45) is 0 Å². The van der Waals surface area contributed by atoms with Crippen molar-refractivity contribution in [2.75, 3.05) is 39.5 Å². The molecule has 0 radical (unpaired) electrons. The molecule has 0 bridgehead atoms. The zero-order chi connectivity index (χ0) is 47.7. The van der Waals surface area contributed by atoms with Crippen LogP contribution >= 0.6 is 24.0 Å². The summed E-state index contributed by atoms with van der Waals surface area (Å²) in [5.74, 6) is -0.138. The van der Waals surface area contributed by atoms with Crippen LogP contribution in [0.3, 0.4) is 0 Å². The van der Waals surface area contributed by atoms with Gasteiger partial charge in [-0.2, -0.15) is 0 Å². The minimum atomic E-state index is -0.407. The molecule has 3 atom stereocenters. The monoisotopic (exact) mass is 959 g/mol. The first kappa shape index (κ1) is 55.0. The molecule has 0 saturated carbocycles. The average molecular weight is 961 g/mol. The molecular formula is C51H59Cl2N3O11. The largest absolute Gasteiger partial charge is 0.507 e. The van der Waals surface area contributed by atoms with E-state index in [1.807, 2.05) is 59.5 Å². The number of piperidine rings is 1. The predicted octanol–water partition coefficient (Wildman–Crippen LogP) is 7.69. The van der Waals surface area contributed by atoms with Crippen molar-refractivity contribution >= 4 is 53.6 Å². The van der Waals surface area contributed by atoms with Crippen molar-refractivity contribution in [3.05, 3.63) is 155 Å². The fourth-order valence-electron chi connectivity index (χ4n) is 7.34. The molecule has 6 N–H and O–H groups in total. The number of carbonyl (C=O) groups excluding carboxylic acids is 5. The summed E-state index contributed by atoms with van der Waals surface area (Å²) in [7, 11) is 0. The number of aliphatic hydroxyl groups excluding tert-OH is 2. The number of aromatic hydroxyl groups is 3. The first-order valence-corrected chi connectivity index (χ1v) is 22.2. The molecular weight excluding hydrogens is 901 g/mol. The van der Waals surface area contributed by atoms with E-state index in [2.05, 4.69) is 5.32 Å². The predicted molar refractivity (Wildman–Crippen MR) is 259 cm³/mol. The molecule has 0 aromatic heterocycles. The van der Waals surface area contributed by atoms with Gasteiger partial charge in [-0.15, -0.1) is 12.4 Å². The van der Waals surface area contributed by atoms with Crippen LogP contribution in [0.5, 0.6) is 23.0 Å². The van der Waals surface area contributed by atoms with Gasteiger partial charge >= 0.3 is 0 Å². The molecule has 67 heavy (non-hydrogen) atoms. The van der Waals surface area contributed by atoms with Crippen molar-refractivity contribution in [1.29, 1.82) is 0 Å². The summed E-state index contributed by atoms with van der Waals surface area (Å²) in [5.41, 5.74) is 1.98. The second-order valence-electron chi connectivity index (χ2n) is 15.4. The molecule has 3 saturated heterocycles. The number of amides is 2. The van der Waals surface area contributed by atoms with E-state index in [0.29, 0.717) is 60.8 Å². The number of halogens is 2. The molecule has 0 unspecified atom stereocenters. The van der Waals surface area contributed by atoms with Gasteiger partial charge in [-0.05, 0) is 105 Å². The number of nitrogens with one attached hydrogen (secondary N) is 1. The molecule has 3 heterocycles. The lowest BCUT2D eigenvalue weighted by atomic mass is 10.1. The van der Waals surface area contributed by atoms with E-state index in [1.165, 1.54) is 37.1 Å². The molecule has 2 amide bonds. The van der Waals surface area contributed by atoms with Gasteiger partial charge in [0.1, 0.15) is 29.6 Å². The third kappa shape index (κ3) is 17.5. The zero-order valence-electron chi connectivity index (χ0n) is 37.1. The van der Waals surface area contributed by atoms with Crippen molar-refractivity contribution < 1.29 is 54.2 Å². The van der Waals surface area contributed by atoms with Crippen molar-refractivity contribution in [3.8, 4) is 23.0 Å². The van der Waals surface area contributed by atoms with E-state index < -0.39 is 5.24 Å². The average Bonchev–Trinajstić information content (AvgIpc) is 4.05. The van der Waals surface area contributed by atoms with Gasteiger partial charge in [0.05, 0.1) is 36.4 Å². The maximum absolute atomic E-state index is 12.6. The van der Waals surface area contributed by atoms with Crippen LogP contribution in [-0.4, -0.2) is 123 Å². The summed E-state index contributed by atoms with van der Waals surface area (Å²) in [6.45, 7) is 3.22. The van der Waals surface area contributed by atoms with Gasteiger partial charge < -0.3 is 45.4 Å². The van der Waals surface area contributed by atoms with Crippen LogP contribution < -0.4 is 10.1 Å². The Labute approximate surface area is 402 Å². The maximum Gasteiger partial charge on any atom is 0.254 e. The number of hydrogen-bond donors (Lipinski definition) is 6. The summed E-state index contributed by atoms with van der Waals surface area (Å²) >= 11 is 5.16. The Kier molecular flexibility index (Phi) is 24.7. The molecule has 16 heteroatoms. The Morgan fingerprint density at radius 1 is 0.582 bits per heavy atom. The molecule has 3 aliphatic heterocycles. The van der Waals surface area contributed by atoms with Crippen LogP contribution in [0.4, 0.5) is 0 Å². The van der Waals surface area contributed by atoms with E-state index in [0.717, 1.165) is 45.2 Å². The fraction of sp³-hybridized carbons (Fsp3) is 0.314. The lowest BCUT2D eigenvalue weighted by molar-refractivity contribution is 0.0675. The number of aldehydes is 2. The van der Waals surface area contributed by atoms with Gasteiger partial charge in [-0.1, -0.05) is 85.3 Å². The van der Waals surface area contributed by atoms with Crippen molar-refractivity contribution in [2.45, 2.75) is 63.1 Å². The number of phenolic OH excluding ortho intramolecular Hbond substituents is 3. The van der Waals surface area contributed by atoms with E-state index in [9.17, 15) is 29.1 Å². The molecule has 8 rings (SSSR count). The summed E-state index contributed by atoms with van der Waals surface area (Å²) in [4.78, 5) is 59.9. The van der Waals surface area contributed by atoms with E-state index in [-0.39, 0.29) is 71.3 Å². The number of carbonyl (C=O) groups is 5. The van der Waals surface area contributed by atoms with Crippen LogP contribution in [0.15, 0.2) is 127 Å². The van der Waals surface area contributed by atoms with Gasteiger partial charge in [-0.3, -0.25) is 24.0 Å². The number of aliphatic hydroxyl groups is 2. The highest BCUT2D eigenvalue weighted by molar-refractivity contribution is 6.67. The third-order valence-electron chi connectivity index (χ3n) is 10.9. The number of likely N-dealkylation sites (tertiary alicyclic amines) is 2. The zero-order valence-corrected chi connectivity index (χ0v) is 38.6. The third-order valence-corrected chi connectivity index (χ3v) is 11.2.